The van der Waals surface area contributed by atoms with E-state index in [0.717, 1.165) is 11.1 Å². The normalized spacial score (nSPS) is 10.2. The van der Waals surface area contributed by atoms with E-state index in [1.807, 2.05) is 25.1 Å². The van der Waals surface area contributed by atoms with E-state index in [4.69, 9.17) is 4.74 Å². The number of amides is 3. The molecule has 8 heteroatoms. The summed E-state index contributed by atoms with van der Waals surface area (Å²) in [6.07, 6.45) is 0. The topological polar surface area (TPSA) is 87.7 Å². The van der Waals surface area contributed by atoms with Gasteiger partial charge in [-0.05, 0) is 24.4 Å². The molecule has 1 aromatic heterocycles. The van der Waals surface area contributed by atoms with E-state index in [-0.39, 0.29) is 24.9 Å². The molecule has 2 N–H and O–H groups in total. The highest BCUT2D eigenvalue weighted by Crippen LogP contribution is 2.20. The second kappa shape index (κ2) is 9.72. The third-order valence-electron chi connectivity index (χ3n) is 3.86. The SMILES string of the molecule is COc1ccc(C)cc1CN(C)C(=O)CNC(=O)CNC(=O)c1cccs1. The van der Waals surface area contributed by atoms with Crippen LogP contribution in [-0.4, -0.2) is 49.9 Å². The number of nitrogens with zero attached hydrogens (tertiary/aromatic N) is 1. The Labute approximate surface area is 162 Å². The quantitative estimate of drug-likeness (QED) is 0.717. The molecule has 0 fully saturated rings. The highest BCUT2D eigenvalue weighted by Gasteiger charge is 2.14. The van der Waals surface area contributed by atoms with Gasteiger partial charge >= 0.3 is 0 Å². The van der Waals surface area contributed by atoms with E-state index in [9.17, 15) is 14.4 Å². The number of carbonyl (C=O) groups excluding carboxylic acids is 3. The molecule has 1 aromatic carbocycles. The smallest absolute Gasteiger partial charge is 0.261 e. The first-order valence-electron chi connectivity index (χ1n) is 8.36. The fourth-order valence-corrected chi connectivity index (χ4v) is 3.04. The number of thiophene rings is 1. The number of rotatable bonds is 8. The van der Waals surface area contributed by atoms with Crippen LogP contribution in [0.15, 0.2) is 35.7 Å². The van der Waals surface area contributed by atoms with Crippen molar-refractivity contribution in [1.29, 1.82) is 0 Å². The van der Waals surface area contributed by atoms with Crippen LogP contribution in [0.3, 0.4) is 0 Å². The number of benzene rings is 1. The van der Waals surface area contributed by atoms with Gasteiger partial charge in [-0.1, -0.05) is 23.8 Å². The molecule has 0 unspecified atom stereocenters. The number of methoxy groups -OCH3 is 1. The van der Waals surface area contributed by atoms with Crippen molar-refractivity contribution in [3.8, 4) is 5.75 Å². The lowest BCUT2D eigenvalue weighted by atomic mass is 10.1. The Kier molecular flexibility index (Phi) is 7.36. The number of likely N-dealkylation sites (N-methyl/N-ethyl adjacent to an activating group) is 1. The highest BCUT2D eigenvalue weighted by molar-refractivity contribution is 7.12. The second-order valence-corrected chi connectivity index (χ2v) is 6.95. The Morgan fingerprint density at radius 1 is 1.15 bits per heavy atom. The van der Waals surface area contributed by atoms with Crippen molar-refractivity contribution in [2.45, 2.75) is 13.5 Å². The number of carbonyl (C=O) groups is 3. The Morgan fingerprint density at radius 3 is 2.59 bits per heavy atom. The zero-order chi connectivity index (χ0) is 19.8. The summed E-state index contributed by atoms with van der Waals surface area (Å²) in [6.45, 7) is 2.02. The zero-order valence-electron chi connectivity index (χ0n) is 15.6. The summed E-state index contributed by atoms with van der Waals surface area (Å²) in [5.41, 5.74) is 1.96. The maximum Gasteiger partial charge on any atom is 0.261 e. The van der Waals surface area contributed by atoms with Crippen molar-refractivity contribution in [2.24, 2.45) is 0 Å². The monoisotopic (exact) mass is 389 g/mol. The van der Waals surface area contributed by atoms with Crippen LogP contribution in [0.5, 0.6) is 5.75 Å². The summed E-state index contributed by atoms with van der Waals surface area (Å²) < 4.78 is 5.32. The van der Waals surface area contributed by atoms with Crippen molar-refractivity contribution in [1.82, 2.24) is 15.5 Å². The van der Waals surface area contributed by atoms with Gasteiger partial charge in [0.15, 0.2) is 0 Å². The minimum atomic E-state index is -0.421. The predicted octanol–water partition coefficient (Wildman–Crippen LogP) is 1.57. The number of ether oxygens (including phenoxy) is 1. The van der Waals surface area contributed by atoms with Gasteiger partial charge in [-0.25, -0.2) is 0 Å². The van der Waals surface area contributed by atoms with Crippen molar-refractivity contribution >= 4 is 29.1 Å². The van der Waals surface area contributed by atoms with Gasteiger partial charge in [0.25, 0.3) is 5.91 Å². The van der Waals surface area contributed by atoms with Gasteiger partial charge in [-0.2, -0.15) is 0 Å². The van der Waals surface area contributed by atoms with Gasteiger partial charge in [0.1, 0.15) is 5.75 Å². The molecule has 0 aliphatic heterocycles. The van der Waals surface area contributed by atoms with E-state index in [2.05, 4.69) is 10.6 Å². The molecule has 0 bridgehead atoms. The number of aryl methyl sites for hydroxylation is 1. The van der Waals surface area contributed by atoms with E-state index in [0.29, 0.717) is 17.2 Å². The maximum absolute atomic E-state index is 12.2. The number of nitrogens with one attached hydrogen (secondary N) is 2. The summed E-state index contributed by atoms with van der Waals surface area (Å²) >= 11 is 1.29. The van der Waals surface area contributed by atoms with E-state index >= 15 is 0 Å². The van der Waals surface area contributed by atoms with Crippen molar-refractivity contribution in [2.75, 3.05) is 27.2 Å². The predicted molar refractivity (Wildman–Crippen MR) is 104 cm³/mol. The van der Waals surface area contributed by atoms with E-state index < -0.39 is 5.91 Å². The summed E-state index contributed by atoms with van der Waals surface area (Å²) in [7, 11) is 3.25. The van der Waals surface area contributed by atoms with Gasteiger partial charge in [-0.3, -0.25) is 14.4 Å². The summed E-state index contributed by atoms with van der Waals surface area (Å²) in [5, 5.41) is 6.82. The molecule has 144 valence electrons. The zero-order valence-corrected chi connectivity index (χ0v) is 16.4. The molecule has 0 radical (unpaired) electrons. The molecule has 2 rings (SSSR count). The lowest BCUT2D eigenvalue weighted by Gasteiger charge is -2.19. The molecule has 2 aromatic rings. The number of hydrogen-bond acceptors (Lipinski definition) is 5. The molecular formula is C19H23N3O4S. The third-order valence-corrected chi connectivity index (χ3v) is 4.73. The van der Waals surface area contributed by atoms with Crippen LogP contribution < -0.4 is 15.4 Å². The Hall–Kier alpha value is -2.87. The summed E-state index contributed by atoms with van der Waals surface area (Å²) in [6, 6.07) is 9.20. The highest BCUT2D eigenvalue weighted by atomic mass is 32.1. The van der Waals surface area contributed by atoms with Gasteiger partial charge in [-0.15, -0.1) is 11.3 Å². The van der Waals surface area contributed by atoms with Crippen LogP contribution in [0.2, 0.25) is 0 Å². The average Bonchev–Trinajstić information content (AvgIpc) is 3.19. The third kappa shape index (κ3) is 6.10. The van der Waals surface area contributed by atoms with E-state index in [1.54, 1.807) is 31.7 Å². The Morgan fingerprint density at radius 2 is 1.93 bits per heavy atom. The molecule has 0 aliphatic carbocycles. The molecular weight excluding hydrogens is 366 g/mol. The molecule has 27 heavy (non-hydrogen) atoms. The van der Waals surface area contributed by atoms with Gasteiger partial charge < -0.3 is 20.3 Å². The summed E-state index contributed by atoms with van der Waals surface area (Å²) in [5.74, 6) is -0.262. The molecule has 7 nitrogen and oxygen atoms in total. The fraction of sp³-hybridized carbons (Fsp3) is 0.316. The van der Waals surface area contributed by atoms with Gasteiger partial charge in [0.05, 0.1) is 25.1 Å². The minimum absolute atomic E-state index is 0.141. The van der Waals surface area contributed by atoms with Gasteiger partial charge in [0, 0.05) is 19.2 Å². The van der Waals surface area contributed by atoms with Crippen molar-refractivity contribution < 1.29 is 19.1 Å². The Balaban J connectivity index is 1.78. The average molecular weight is 389 g/mol. The van der Waals surface area contributed by atoms with Crippen LogP contribution in [0.4, 0.5) is 0 Å². The molecule has 1 heterocycles. The lowest BCUT2D eigenvalue weighted by Crippen LogP contribution is -2.42. The summed E-state index contributed by atoms with van der Waals surface area (Å²) in [4.78, 5) is 37.9. The molecule has 0 saturated carbocycles. The van der Waals surface area contributed by atoms with Crippen LogP contribution >= 0.6 is 11.3 Å². The van der Waals surface area contributed by atoms with Crippen LogP contribution in [-0.2, 0) is 16.1 Å². The van der Waals surface area contributed by atoms with Crippen molar-refractivity contribution in [3.05, 3.63) is 51.7 Å². The van der Waals surface area contributed by atoms with E-state index in [1.165, 1.54) is 16.2 Å². The Bertz CT molecular complexity index is 805. The van der Waals surface area contributed by atoms with Crippen molar-refractivity contribution in [3.63, 3.8) is 0 Å². The van der Waals surface area contributed by atoms with Gasteiger partial charge in [0.2, 0.25) is 11.8 Å². The molecule has 0 spiro atoms. The first-order chi connectivity index (χ1) is 12.9. The molecule has 0 saturated heterocycles. The van der Waals surface area contributed by atoms with Crippen LogP contribution in [0.1, 0.15) is 20.8 Å². The molecule has 0 aliphatic rings. The minimum Gasteiger partial charge on any atom is -0.496 e. The lowest BCUT2D eigenvalue weighted by molar-refractivity contribution is -0.132. The second-order valence-electron chi connectivity index (χ2n) is 6.00. The maximum atomic E-state index is 12.2. The molecule has 0 atom stereocenters. The first-order valence-corrected chi connectivity index (χ1v) is 9.24. The number of hydrogen-bond donors (Lipinski definition) is 2. The van der Waals surface area contributed by atoms with Crippen LogP contribution in [0, 0.1) is 6.92 Å². The largest absolute Gasteiger partial charge is 0.496 e. The fourth-order valence-electron chi connectivity index (χ4n) is 2.40. The molecule has 3 amide bonds. The first kappa shape index (κ1) is 20.4. The standard InChI is InChI=1S/C19H23N3O4S/c1-13-6-7-15(26-3)14(9-13)12-22(2)18(24)11-20-17(23)10-21-19(25)16-5-4-8-27-16/h4-9H,10-12H2,1-3H3,(H,20,23)(H,21,25). The van der Waals surface area contributed by atoms with Crippen LogP contribution in [0.25, 0.3) is 0 Å².